The Morgan fingerprint density at radius 2 is 2.05 bits per heavy atom. The molecule has 100 valence electrons. The van der Waals surface area contributed by atoms with Gasteiger partial charge >= 0.3 is 0 Å². The van der Waals surface area contributed by atoms with Gasteiger partial charge in [-0.2, -0.15) is 0 Å². The molecule has 1 aromatic heterocycles. The van der Waals surface area contributed by atoms with Crippen molar-refractivity contribution in [3.63, 3.8) is 0 Å². The summed E-state index contributed by atoms with van der Waals surface area (Å²) in [6.07, 6.45) is 7.56. The predicted octanol–water partition coefficient (Wildman–Crippen LogP) is 2.73. The lowest BCUT2D eigenvalue weighted by Gasteiger charge is -2.00. The molecule has 0 aliphatic heterocycles. The van der Waals surface area contributed by atoms with Crippen LogP contribution in [0.25, 0.3) is 11.8 Å². The van der Waals surface area contributed by atoms with Crippen LogP contribution >= 0.6 is 11.8 Å². The van der Waals surface area contributed by atoms with Crippen LogP contribution in [0.15, 0.2) is 40.3 Å². The number of thioether (sulfide) groups is 1. The molecular formula is C13H15N3OS2. The van der Waals surface area contributed by atoms with Gasteiger partial charge in [-0.15, -0.1) is 16.9 Å². The molecule has 1 unspecified atom stereocenters. The van der Waals surface area contributed by atoms with E-state index in [2.05, 4.69) is 10.3 Å². The Kier molecular flexibility index (Phi) is 4.55. The van der Waals surface area contributed by atoms with Crippen LogP contribution in [0.4, 0.5) is 0 Å². The molecular weight excluding hydrogens is 278 g/mol. The predicted molar refractivity (Wildman–Crippen MR) is 80.9 cm³/mol. The van der Waals surface area contributed by atoms with Crippen molar-refractivity contribution >= 4 is 28.6 Å². The van der Waals surface area contributed by atoms with Crippen molar-refractivity contribution in [2.24, 2.45) is 0 Å². The lowest BCUT2D eigenvalue weighted by atomic mass is 10.3. The van der Waals surface area contributed by atoms with Crippen LogP contribution in [-0.2, 0) is 10.8 Å². The van der Waals surface area contributed by atoms with Gasteiger partial charge in [-0.1, -0.05) is 5.21 Å². The highest BCUT2D eigenvalue weighted by atomic mass is 32.2. The molecule has 1 atom stereocenters. The molecule has 0 aliphatic carbocycles. The fraction of sp³-hybridized carbons (Fsp3) is 0.231. The normalized spacial score (nSPS) is 13.5. The average Bonchev–Trinajstić information content (AvgIpc) is 2.87. The summed E-state index contributed by atoms with van der Waals surface area (Å²) in [5.74, 6) is 0. The van der Waals surface area contributed by atoms with Crippen LogP contribution in [0.5, 0.6) is 0 Å². The van der Waals surface area contributed by atoms with E-state index in [0.717, 1.165) is 16.3 Å². The second-order valence-electron chi connectivity index (χ2n) is 4.00. The Balaban J connectivity index is 2.25. The Labute approximate surface area is 119 Å². The molecule has 2 rings (SSSR count). The highest BCUT2D eigenvalue weighted by molar-refractivity contribution is 8.02. The van der Waals surface area contributed by atoms with Gasteiger partial charge in [-0.05, 0) is 48.4 Å². The summed E-state index contributed by atoms with van der Waals surface area (Å²) in [6, 6.07) is 7.46. The summed E-state index contributed by atoms with van der Waals surface area (Å²) < 4.78 is 13.0. The maximum atomic E-state index is 11.3. The third-order valence-electron chi connectivity index (χ3n) is 2.62. The van der Waals surface area contributed by atoms with E-state index in [4.69, 9.17) is 0 Å². The second kappa shape index (κ2) is 6.16. The van der Waals surface area contributed by atoms with Gasteiger partial charge in [0.15, 0.2) is 0 Å². The minimum absolute atomic E-state index is 0.808. The maximum absolute atomic E-state index is 11.3. The molecule has 2 aromatic rings. The SMILES string of the molecule is CS/C(C)=C\c1cn(-c2ccc(S(C)=O)cc2)nn1. The number of nitrogens with zero attached hydrogens (tertiary/aromatic N) is 3. The van der Waals surface area contributed by atoms with Gasteiger partial charge in [0.05, 0.1) is 11.9 Å². The third-order valence-corrected chi connectivity index (χ3v) is 4.32. The summed E-state index contributed by atoms with van der Waals surface area (Å²) in [5.41, 5.74) is 1.73. The molecule has 0 aliphatic rings. The first-order chi connectivity index (χ1) is 9.10. The summed E-state index contributed by atoms with van der Waals surface area (Å²) in [4.78, 5) is 1.99. The van der Waals surface area contributed by atoms with E-state index >= 15 is 0 Å². The molecule has 1 heterocycles. The topological polar surface area (TPSA) is 47.8 Å². The Morgan fingerprint density at radius 1 is 1.37 bits per heavy atom. The standard InChI is InChI=1S/C13H15N3OS2/c1-10(18-2)8-11-9-16(15-14-11)12-4-6-13(7-5-12)19(3)17/h4-9H,1-3H3/b10-8-. The van der Waals surface area contributed by atoms with Gasteiger partial charge in [-0.25, -0.2) is 4.68 Å². The number of allylic oxidation sites excluding steroid dienone is 1. The summed E-state index contributed by atoms with van der Waals surface area (Å²) in [7, 11) is -0.955. The molecule has 0 saturated carbocycles. The first kappa shape index (κ1) is 14.0. The van der Waals surface area contributed by atoms with E-state index in [1.165, 1.54) is 4.91 Å². The van der Waals surface area contributed by atoms with E-state index in [1.807, 2.05) is 49.7 Å². The Bertz CT molecular complexity index is 617. The van der Waals surface area contributed by atoms with Gasteiger partial charge < -0.3 is 0 Å². The fourth-order valence-corrected chi connectivity index (χ4v) is 2.28. The summed E-state index contributed by atoms with van der Waals surface area (Å²) >= 11 is 1.68. The number of hydrogen-bond donors (Lipinski definition) is 0. The van der Waals surface area contributed by atoms with E-state index in [1.54, 1.807) is 22.7 Å². The largest absolute Gasteiger partial charge is 0.255 e. The Hall–Kier alpha value is -1.40. The van der Waals surface area contributed by atoms with Crippen molar-refractivity contribution in [2.45, 2.75) is 11.8 Å². The highest BCUT2D eigenvalue weighted by Crippen LogP contribution is 2.15. The average molecular weight is 293 g/mol. The lowest BCUT2D eigenvalue weighted by molar-refractivity contribution is 0.686. The van der Waals surface area contributed by atoms with Crippen LogP contribution in [0.3, 0.4) is 0 Å². The lowest BCUT2D eigenvalue weighted by Crippen LogP contribution is -1.95. The highest BCUT2D eigenvalue weighted by Gasteiger charge is 2.02. The molecule has 0 spiro atoms. The molecule has 1 aromatic carbocycles. The fourth-order valence-electron chi connectivity index (χ4n) is 1.53. The van der Waals surface area contributed by atoms with Gasteiger partial charge in [0.25, 0.3) is 0 Å². The molecule has 6 heteroatoms. The van der Waals surface area contributed by atoms with Crippen LogP contribution in [0, 0.1) is 0 Å². The van der Waals surface area contributed by atoms with Gasteiger partial charge in [-0.3, -0.25) is 4.21 Å². The Morgan fingerprint density at radius 3 is 2.63 bits per heavy atom. The number of rotatable bonds is 4. The van der Waals surface area contributed by atoms with Gasteiger partial charge in [0, 0.05) is 22.0 Å². The van der Waals surface area contributed by atoms with Crippen molar-refractivity contribution in [2.75, 3.05) is 12.5 Å². The molecule has 19 heavy (non-hydrogen) atoms. The van der Waals surface area contributed by atoms with E-state index in [0.29, 0.717) is 0 Å². The van der Waals surface area contributed by atoms with Crippen molar-refractivity contribution in [1.82, 2.24) is 15.0 Å². The number of hydrogen-bond acceptors (Lipinski definition) is 4. The van der Waals surface area contributed by atoms with E-state index < -0.39 is 10.8 Å². The minimum atomic E-state index is -0.955. The summed E-state index contributed by atoms with van der Waals surface area (Å²) in [5, 5.41) is 8.19. The number of aromatic nitrogens is 3. The number of benzene rings is 1. The molecule has 0 amide bonds. The monoisotopic (exact) mass is 293 g/mol. The molecule has 0 fully saturated rings. The van der Waals surface area contributed by atoms with E-state index in [-0.39, 0.29) is 0 Å². The molecule has 0 N–H and O–H groups in total. The van der Waals surface area contributed by atoms with E-state index in [9.17, 15) is 4.21 Å². The first-order valence-electron chi connectivity index (χ1n) is 5.68. The third kappa shape index (κ3) is 3.54. The molecule has 0 radical (unpaired) electrons. The smallest absolute Gasteiger partial charge is 0.107 e. The van der Waals surface area contributed by atoms with Crippen LogP contribution in [-0.4, -0.2) is 31.7 Å². The molecule has 0 saturated heterocycles. The minimum Gasteiger partial charge on any atom is -0.255 e. The molecule has 0 bridgehead atoms. The quantitative estimate of drug-likeness (QED) is 0.869. The van der Waals surface area contributed by atoms with Crippen LogP contribution in [0.1, 0.15) is 12.6 Å². The van der Waals surface area contributed by atoms with Crippen molar-refractivity contribution in [3.05, 3.63) is 41.1 Å². The van der Waals surface area contributed by atoms with Crippen molar-refractivity contribution in [3.8, 4) is 5.69 Å². The van der Waals surface area contributed by atoms with Crippen molar-refractivity contribution < 1.29 is 4.21 Å². The second-order valence-corrected chi connectivity index (χ2v) is 6.43. The molecule has 4 nitrogen and oxygen atoms in total. The van der Waals surface area contributed by atoms with Crippen molar-refractivity contribution in [1.29, 1.82) is 0 Å². The zero-order valence-electron chi connectivity index (χ0n) is 11.0. The van der Waals surface area contributed by atoms with Gasteiger partial charge in [0.2, 0.25) is 0 Å². The zero-order valence-corrected chi connectivity index (χ0v) is 12.7. The first-order valence-corrected chi connectivity index (χ1v) is 8.47. The van der Waals surface area contributed by atoms with Gasteiger partial charge in [0.1, 0.15) is 5.69 Å². The maximum Gasteiger partial charge on any atom is 0.107 e. The van der Waals surface area contributed by atoms with Crippen LogP contribution < -0.4 is 0 Å². The summed E-state index contributed by atoms with van der Waals surface area (Å²) in [6.45, 7) is 2.04. The zero-order chi connectivity index (χ0) is 13.8. The van der Waals surface area contributed by atoms with Crippen LogP contribution in [0.2, 0.25) is 0 Å².